The number of hydrogen-bond donors (Lipinski definition) is 3. The van der Waals surface area contributed by atoms with E-state index in [1.165, 1.54) is 11.1 Å². The van der Waals surface area contributed by atoms with Gasteiger partial charge in [-0.2, -0.15) is 5.26 Å². The number of nitriles is 1. The van der Waals surface area contributed by atoms with Crippen LogP contribution in [-0.2, 0) is 0 Å². The number of ether oxygens (including phenoxy) is 1. The average Bonchev–Trinajstić information content (AvgIpc) is 2.71. The van der Waals surface area contributed by atoms with Crippen LogP contribution in [0.3, 0.4) is 0 Å². The maximum Gasteiger partial charge on any atom is 0.170 e. The molecule has 1 aromatic heterocycles. The second-order valence-corrected chi connectivity index (χ2v) is 7.50. The van der Waals surface area contributed by atoms with Crippen molar-refractivity contribution in [3.8, 4) is 11.8 Å². The molecule has 3 aromatic rings. The molecule has 30 heavy (non-hydrogen) atoms. The predicted molar refractivity (Wildman–Crippen MR) is 126 cm³/mol. The summed E-state index contributed by atoms with van der Waals surface area (Å²) in [5.74, 6) is 1.33. The molecule has 2 aromatic carbocycles. The van der Waals surface area contributed by atoms with Crippen molar-refractivity contribution in [1.82, 2.24) is 10.3 Å². The minimum absolute atomic E-state index is 0.510. The first kappa shape index (κ1) is 21.3. The second kappa shape index (κ2) is 9.90. The lowest BCUT2D eigenvalue weighted by Crippen LogP contribution is -2.30. The third-order valence-corrected chi connectivity index (χ3v) is 4.80. The zero-order valence-electron chi connectivity index (χ0n) is 17.4. The van der Waals surface area contributed by atoms with Crippen molar-refractivity contribution in [2.45, 2.75) is 20.3 Å². The topological polar surface area (TPSA) is 82.0 Å². The van der Waals surface area contributed by atoms with E-state index in [1.54, 1.807) is 7.11 Å². The van der Waals surface area contributed by atoms with Crippen LogP contribution < -0.4 is 20.7 Å². The molecule has 0 bridgehead atoms. The maximum atomic E-state index is 9.46. The van der Waals surface area contributed by atoms with Crippen LogP contribution in [0.2, 0.25) is 0 Å². The van der Waals surface area contributed by atoms with Crippen LogP contribution in [0.25, 0.3) is 10.9 Å². The van der Waals surface area contributed by atoms with Gasteiger partial charge in [0.25, 0.3) is 0 Å². The van der Waals surface area contributed by atoms with E-state index in [4.69, 9.17) is 17.0 Å². The highest BCUT2D eigenvalue weighted by atomic mass is 32.1. The number of nitrogens with zero attached hydrogens (tertiary/aromatic N) is 2. The van der Waals surface area contributed by atoms with Gasteiger partial charge >= 0.3 is 0 Å². The summed E-state index contributed by atoms with van der Waals surface area (Å²) in [5, 5.41) is 20.6. The van der Waals surface area contributed by atoms with Crippen LogP contribution in [0.15, 0.2) is 42.5 Å². The van der Waals surface area contributed by atoms with Gasteiger partial charge in [0.15, 0.2) is 5.11 Å². The summed E-state index contributed by atoms with van der Waals surface area (Å²) in [6, 6.07) is 15.9. The van der Waals surface area contributed by atoms with Crippen molar-refractivity contribution in [2.75, 3.05) is 30.8 Å². The number of benzene rings is 2. The first-order chi connectivity index (χ1) is 14.5. The van der Waals surface area contributed by atoms with E-state index in [0.717, 1.165) is 28.8 Å². The summed E-state index contributed by atoms with van der Waals surface area (Å²) in [4.78, 5) is 4.58. The molecule has 3 rings (SSSR count). The van der Waals surface area contributed by atoms with E-state index in [-0.39, 0.29) is 0 Å². The molecule has 0 radical (unpaired) electrons. The minimum atomic E-state index is 0.510. The van der Waals surface area contributed by atoms with E-state index in [2.05, 4.69) is 59.1 Å². The van der Waals surface area contributed by atoms with E-state index < -0.39 is 0 Å². The number of methoxy groups -OCH3 is 1. The summed E-state index contributed by atoms with van der Waals surface area (Å²) >= 11 is 5.37. The van der Waals surface area contributed by atoms with E-state index in [9.17, 15) is 5.26 Å². The number of fused-ring (bicyclic) bond motifs is 1. The Bertz CT molecular complexity index is 1090. The Morgan fingerprint density at radius 2 is 1.87 bits per heavy atom. The Labute approximate surface area is 182 Å². The SMILES string of the molecule is COc1ccc2nc(NCCCNC(=S)Nc3cc(C)cc(C)c3)c(C#N)cc2c1. The number of hydrogen-bond acceptors (Lipinski definition) is 5. The number of nitrogens with one attached hydrogen (secondary N) is 3. The molecule has 0 aliphatic carbocycles. The molecule has 6 nitrogen and oxygen atoms in total. The van der Waals surface area contributed by atoms with Gasteiger partial charge in [-0.05, 0) is 80.0 Å². The standard InChI is InChI=1S/C23H25N5OS/c1-15-9-16(2)11-19(10-15)27-23(30)26-8-4-7-25-22-18(14-24)12-17-13-20(29-3)5-6-21(17)28-22/h5-6,9-13H,4,7-8H2,1-3H3,(H,25,28)(H2,26,27,30). The van der Waals surface area contributed by atoms with E-state index in [1.807, 2.05) is 24.3 Å². The highest BCUT2D eigenvalue weighted by molar-refractivity contribution is 7.80. The van der Waals surface area contributed by atoms with Crippen LogP contribution in [-0.4, -0.2) is 30.3 Å². The largest absolute Gasteiger partial charge is 0.497 e. The number of pyridine rings is 1. The summed E-state index contributed by atoms with van der Waals surface area (Å²) in [5.41, 5.74) is 4.70. The maximum absolute atomic E-state index is 9.46. The third-order valence-electron chi connectivity index (χ3n) is 4.55. The molecular formula is C23H25N5OS. The van der Waals surface area contributed by atoms with E-state index in [0.29, 0.717) is 29.6 Å². The molecular weight excluding hydrogens is 394 g/mol. The average molecular weight is 420 g/mol. The summed E-state index contributed by atoms with van der Waals surface area (Å²) in [6.45, 7) is 5.50. The van der Waals surface area contributed by atoms with Crippen LogP contribution in [0, 0.1) is 25.2 Å². The summed E-state index contributed by atoms with van der Waals surface area (Å²) < 4.78 is 5.24. The Morgan fingerprint density at radius 1 is 1.10 bits per heavy atom. The van der Waals surface area contributed by atoms with Crippen molar-refractivity contribution in [3.05, 3.63) is 59.2 Å². The molecule has 1 heterocycles. The molecule has 0 saturated carbocycles. The van der Waals surface area contributed by atoms with Gasteiger partial charge in [0.05, 0.1) is 18.2 Å². The van der Waals surface area contributed by atoms with Crippen LogP contribution in [0.5, 0.6) is 5.75 Å². The Morgan fingerprint density at radius 3 is 2.57 bits per heavy atom. The van der Waals surface area contributed by atoms with Gasteiger partial charge in [0, 0.05) is 24.2 Å². The third kappa shape index (κ3) is 5.58. The first-order valence-electron chi connectivity index (χ1n) is 9.74. The monoisotopic (exact) mass is 419 g/mol. The van der Waals surface area contributed by atoms with Gasteiger partial charge in [0.1, 0.15) is 17.6 Å². The van der Waals surface area contributed by atoms with Crippen molar-refractivity contribution in [3.63, 3.8) is 0 Å². The highest BCUT2D eigenvalue weighted by Crippen LogP contribution is 2.24. The van der Waals surface area contributed by atoms with Gasteiger partial charge in [-0.25, -0.2) is 4.98 Å². The molecule has 0 atom stereocenters. The number of anilines is 2. The highest BCUT2D eigenvalue weighted by Gasteiger charge is 2.07. The Hall–Kier alpha value is -3.37. The molecule has 0 fully saturated rings. The molecule has 0 spiro atoms. The van der Waals surface area contributed by atoms with Gasteiger partial charge in [-0.15, -0.1) is 0 Å². The lowest BCUT2D eigenvalue weighted by Gasteiger charge is -2.13. The van der Waals surface area contributed by atoms with Crippen LogP contribution in [0.4, 0.5) is 11.5 Å². The van der Waals surface area contributed by atoms with Gasteiger partial charge in [-0.3, -0.25) is 0 Å². The van der Waals surface area contributed by atoms with Gasteiger partial charge < -0.3 is 20.7 Å². The van der Waals surface area contributed by atoms with Crippen LogP contribution >= 0.6 is 12.2 Å². The molecule has 154 valence electrons. The lowest BCUT2D eigenvalue weighted by molar-refractivity contribution is 0.415. The molecule has 7 heteroatoms. The lowest BCUT2D eigenvalue weighted by atomic mass is 10.1. The fraction of sp³-hybridized carbons (Fsp3) is 0.261. The molecule has 3 N–H and O–H groups in total. The normalized spacial score (nSPS) is 10.3. The van der Waals surface area contributed by atoms with Crippen molar-refractivity contribution < 1.29 is 4.74 Å². The minimum Gasteiger partial charge on any atom is -0.497 e. The number of aryl methyl sites for hydroxylation is 2. The fourth-order valence-corrected chi connectivity index (χ4v) is 3.44. The summed E-state index contributed by atoms with van der Waals surface area (Å²) in [6.07, 6.45) is 0.821. The summed E-state index contributed by atoms with van der Waals surface area (Å²) in [7, 11) is 1.62. The van der Waals surface area contributed by atoms with Crippen LogP contribution in [0.1, 0.15) is 23.1 Å². The van der Waals surface area contributed by atoms with Gasteiger partial charge in [0.2, 0.25) is 0 Å². The zero-order chi connectivity index (χ0) is 21.5. The van der Waals surface area contributed by atoms with Crippen molar-refractivity contribution in [2.24, 2.45) is 0 Å². The number of aromatic nitrogens is 1. The Kier molecular flexibility index (Phi) is 7.04. The predicted octanol–water partition coefficient (Wildman–Crippen LogP) is 4.52. The second-order valence-electron chi connectivity index (χ2n) is 7.09. The molecule has 0 amide bonds. The fourth-order valence-electron chi connectivity index (χ4n) is 3.22. The first-order valence-corrected chi connectivity index (χ1v) is 10.2. The molecule has 0 unspecified atom stereocenters. The molecule has 0 aliphatic heterocycles. The number of rotatable bonds is 7. The number of thiocarbonyl (C=S) groups is 1. The van der Waals surface area contributed by atoms with Crippen molar-refractivity contribution in [1.29, 1.82) is 5.26 Å². The quantitative estimate of drug-likeness (QED) is 0.384. The zero-order valence-corrected chi connectivity index (χ0v) is 18.2. The van der Waals surface area contributed by atoms with E-state index >= 15 is 0 Å². The molecule has 0 aliphatic rings. The molecule has 0 saturated heterocycles. The van der Waals surface area contributed by atoms with Gasteiger partial charge in [-0.1, -0.05) is 6.07 Å². The van der Waals surface area contributed by atoms with Crippen molar-refractivity contribution >= 4 is 39.7 Å². The Balaban J connectivity index is 1.50. The smallest absolute Gasteiger partial charge is 0.170 e.